The molecule has 4 saturated carbocycles. The Morgan fingerprint density at radius 2 is 1.57 bits per heavy atom. The Kier molecular flexibility index (Phi) is 8.26. The van der Waals surface area contributed by atoms with Gasteiger partial charge in [0.25, 0.3) is 0 Å². The molecule has 7 nitrogen and oxygen atoms in total. The highest BCUT2D eigenvalue weighted by Crippen LogP contribution is 2.74. The molecule has 2 heterocycles. The number of rotatable bonds is 8. The lowest BCUT2D eigenvalue weighted by molar-refractivity contribution is -0.176. The summed E-state index contributed by atoms with van der Waals surface area (Å²) in [6, 6.07) is 20.4. The Morgan fingerprint density at radius 3 is 2.18 bits per heavy atom. The average Bonchev–Trinajstić information content (AvgIpc) is 3.73. The van der Waals surface area contributed by atoms with E-state index in [2.05, 4.69) is 49.9 Å². The number of benzene rings is 2. The summed E-state index contributed by atoms with van der Waals surface area (Å²) in [6.45, 7) is 9.86. The lowest BCUT2D eigenvalue weighted by Gasteiger charge is -2.60. The number of Topliss-reactive ketones (excluding diaryl/α,β-unsaturated/α-hetero) is 1. The molecule has 0 radical (unpaired) electrons. The number of cyclic esters (lactones) is 1. The van der Waals surface area contributed by atoms with Crippen LogP contribution < -0.4 is 0 Å². The number of ether oxygens (including phenoxy) is 2. The summed E-state index contributed by atoms with van der Waals surface area (Å²) in [7, 11) is 0. The average molecular weight is 668 g/mol. The summed E-state index contributed by atoms with van der Waals surface area (Å²) < 4.78 is 12.7. The van der Waals surface area contributed by atoms with Crippen LogP contribution in [0.4, 0.5) is 0 Å². The van der Waals surface area contributed by atoms with Gasteiger partial charge in [0, 0.05) is 32.0 Å². The molecule has 0 aromatic heterocycles. The van der Waals surface area contributed by atoms with Crippen molar-refractivity contribution in [2.75, 3.05) is 6.61 Å². The van der Waals surface area contributed by atoms with Gasteiger partial charge >= 0.3 is 5.97 Å². The van der Waals surface area contributed by atoms with E-state index >= 15 is 0 Å². The zero-order chi connectivity index (χ0) is 34.3. The van der Waals surface area contributed by atoms with Crippen LogP contribution in [0.1, 0.15) is 83.8 Å². The second kappa shape index (κ2) is 12.1. The van der Waals surface area contributed by atoms with Crippen molar-refractivity contribution >= 4 is 11.8 Å². The minimum atomic E-state index is -0.830. The van der Waals surface area contributed by atoms with E-state index in [9.17, 15) is 19.8 Å². The molecule has 0 unspecified atom stereocenters. The smallest absolute Gasteiger partial charge is 0.336 e. The van der Waals surface area contributed by atoms with E-state index in [0.29, 0.717) is 49.3 Å². The standard InChI is InChI=1S/C42H53NO6/c1-25-19-35(48-39(47)30(25)24-44)26(2)31-15-16-32-29-20-37-42(49-37)38(46)34(21-36(45)41(42,4)33(29)17-18-40(31,32)3)43(22-27-11-7-5-8-12-27)23-28-13-9-6-10-14-28/h5-14,26,29,31-35,37-38,44,46H,15-24H2,1-4H3/t26-,29-,31+,32-,33-,34-,35+,37+,38-,40+,41-,42-/m0/s1. The summed E-state index contributed by atoms with van der Waals surface area (Å²) in [5, 5.41) is 22.1. The topological polar surface area (TPSA) is 99.6 Å². The second-order valence-corrected chi connectivity index (χ2v) is 16.9. The van der Waals surface area contributed by atoms with E-state index in [1.807, 2.05) is 43.3 Å². The van der Waals surface area contributed by atoms with Gasteiger partial charge in [-0.2, -0.15) is 0 Å². The van der Waals surface area contributed by atoms with Crippen molar-refractivity contribution in [2.45, 2.75) is 116 Å². The van der Waals surface area contributed by atoms with E-state index in [0.717, 1.165) is 37.7 Å². The summed E-state index contributed by atoms with van der Waals surface area (Å²) in [6.07, 6.45) is 5.06. The van der Waals surface area contributed by atoms with Crippen LogP contribution >= 0.6 is 0 Å². The fraction of sp³-hybridized carbons (Fsp3) is 0.619. The van der Waals surface area contributed by atoms with Gasteiger partial charge in [-0.3, -0.25) is 9.69 Å². The Hall–Kier alpha value is -2.84. The van der Waals surface area contributed by atoms with Crippen LogP contribution in [0, 0.1) is 40.4 Å². The number of aliphatic hydroxyl groups is 2. The Labute approximate surface area is 291 Å². The van der Waals surface area contributed by atoms with Crippen LogP contribution in [-0.2, 0) is 32.2 Å². The number of epoxide rings is 1. The highest BCUT2D eigenvalue weighted by molar-refractivity contribution is 5.90. The molecular formula is C42H53NO6. The van der Waals surface area contributed by atoms with Gasteiger partial charge in [-0.25, -0.2) is 4.79 Å². The van der Waals surface area contributed by atoms with Gasteiger partial charge in [0.15, 0.2) is 0 Å². The monoisotopic (exact) mass is 667 g/mol. The minimum absolute atomic E-state index is 0.0914. The molecule has 2 aromatic rings. The van der Waals surface area contributed by atoms with Gasteiger partial charge in [0.1, 0.15) is 23.6 Å². The number of ketones is 1. The molecule has 2 N–H and O–H groups in total. The number of carbonyl (C=O) groups is 2. The van der Waals surface area contributed by atoms with E-state index in [1.54, 1.807) is 0 Å². The van der Waals surface area contributed by atoms with Crippen molar-refractivity contribution in [2.24, 2.45) is 40.4 Å². The third-order valence-electron chi connectivity index (χ3n) is 14.9. The van der Waals surface area contributed by atoms with Crippen LogP contribution in [0.2, 0.25) is 0 Å². The summed E-state index contributed by atoms with van der Waals surface area (Å²) in [5.74, 6) is 1.54. The quantitative estimate of drug-likeness (QED) is 0.253. The molecule has 262 valence electrons. The zero-order valence-electron chi connectivity index (χ0n) is 29.5. The maximum atomic E-state index is 14.8. The second-order valence-electron chi connectivity index (χ2n) is 16.9. The van der Waals surface area contributed by atoms with Gasteiger partial charge in [-0.1, -0.05) is 80.1 Å². The fourth-order valence-electron chi connectivity index (χ4n) is 12.3. The lowest BCUT2D eigenvalue weighted by atomic mass is 9.43. The molecule has 1 saturated heterocycles. The van der Waals surface area contributed by atoms with Crippen molar-refractivity contribution in [3.63, 3.8) is 0 Å². The van der Waals surface area contributed by atoms with Crippen molar-refractivity contribution in [1.29, 1.82) is 0 Å². The molecule has 0 bridgehead atoms. The third-order valence-corrected chi connectivity index (χ3v) is 14.9. The Bertz CT molecular complexity index is 1580. The molecule has 6 aliphatic rings. The molecule has 7 heteroatoms. The van der Waals surface area contributed by atoms with Gasteiger partial charge in [0.2, 0.25) is 0 Å². The number of hydrogen-bond acceptors (Lipinski definition) is 7. The number of nitrogens with zero attached hydrogens (tertiary/aromatic N) is 1. The number of hydrogen-bond donors (Lipinski definition) is 2. The highest BCUT2D eigenvalue weighted by atomic mass is 16.6. The Balaban J connectivity index is 1.05. The van der Waals surface area contributed by atoms with Gasteiger partial charge in [0.05, 0.1) is 23.7 Å². The molecular weight excluding hydrogens is 614 g/mol. The number of aliphatic hydroxyl groups excluding tert-OH is 2. The van der Waals surface area contributed by atoms with E-state index in [-0.39, 0.29) is 53.9 Å². The molecule has 2 aromatic carbocycles. The van der Waals surface area contributed by atoms with Crippen molar-refractivity contribution < 1.29 is 29.3 Å². The number of esters is 1. The van der Waals surface area contributed by atoms with Crippen molar-refractivity contribution in [1.82, 2.24) is 4.90 Å². The molecule has 2 aliphatic heterocycles. The van der Waals surface area contributed by atoms with Crippen molar-refractivity contribution in [3.8, 4) is 0 Å². The number of fused-ring (bicyclic) bond motifs is 4. The molecule has 1 spiro atoms. The third kappa shape index (κ3) is 4.97. The predicted octanol–water partition coefficient (Wildman–Crippen LogP) is 6.26. The summed E-state index contributed by atoms with van der Waals surface area (Å²) >= 11 is 0. The maximum Gasteiger partial charge on any atom is 0.336 e. The molecule has 49 heavy (non-hydrogen) atoms. The molecule has 4 aliphatic carbocycles. The van der Waals surface area contributed by atoms with Crippen molar-refractivity contribution in [3.05, 3.63) is 82.9 Å². The van der Waals surface area contributed by atoms with Crippen LogP contribution in [0.25, 0.3) is 0 Å². The van der Waals surface area contributed by atoms with E-state index in [4.69, 9.17) is 9.47 Å². The first-order valence-corrected chi connectivity index (χ1v) is 18.7. The first-order chi connectivity index (χ1) is 23.5. The minimum Gasteiger partial charge on any atom is -0.458 e. The van der Waals surface area contributed by atoms with Gasteiger partial charge < -0.3 is 19.7 Å². The summed E-state index contributed by atoms with van der Waals surface area (Å²) in [5.41, 5.74) is 2.24. The van der Waals surface area contributed by atoms with Crippen LogP contribution in [0.5, 0.6) is 0 Å². The van der Waals surface area contributed by atoms with Crippen LogP contribution in [0.3, 0.4) is 0 Å². The van der Waals surface area contributed by atoms with E-state index in [1.165, 1.54) is 11.1 Å². The molecule has 5 fully saturated rings. The van der Waals surface area contributed by atoms with Gasteiger partial charge in [-0.05, 0) is 92.1 Å². The normalized spacial score (nSPS) is 41.8. The SMILES string of the molecule is CC1=C(CO)C(=O)O[C@@H]([C@@H](C)[C@H]2CC[C@H]3[C@@H]4C[C@H]5O[C@]56[C@@H](O)[C@@H](N(Cc5ccccc5)Cc5ccccc5)CC(=O)[C@]6(C)[C@H]4CC[C@]23C)C1. The largest absolute Gasteiger partial charge is 0.458 e. The number of carbonyl (C=O) groups excluding carboxylic acids is 2. The first kappa shape index (κ1) is 33.3. The highest BCUT2D eigenvalue weighted by Gasteiger charge is 2.82. The first-order valence-electron chi connectivity index (χ1n) is 18.7. The summed E-state index contributed by atoms with van der Waals surface area (Å²) in [4.78, 5) is 29.8. The predicted molar refractivity (Wildman–Crippen MR) is 186 cm³/mol. The zero-order valence-corrected chi connectivity index (χ0v) is 29.5. The van der Waals surface area contributed by atoms with Crippen LogP contribution in [0.15, 0.2) is 71.8 Å². The maximum absolute atomic E-state index is 14.8. The fourth-order valence-corrected chi connectivity index (χ4v) is 12.3. The molecule has 0 amide bonds. The van der Waals surface area contributed by atoms with Crippen LogP contribution in [-0.4, -0.2) is 63.4 Å². The molecule has 12 atom stereocenters. The Morgan fingerprint density at radius 1 is 0.918 bits per heavy atom. The molecule has 8 rings (SSSR count). The lowest BCUT2D eigenvalue weighted by Crippen LogP contribution is -2.70. The van der Waals surface area contributed by atoms with Gasteiger partial charge in [-0.15, -0.1) is 0 Å². The van der Waals surface area contributed by atoms with E-state index < -0.39 is 17.1 Å².